The minimum absolute atomic E-state index is 0.0281. The van der Waals surface area contributed by atoms with Crippen LogP contribution in [0.3, 0.4) is 0 Å². The molecule has 0 spiro atoms. The van der Waals surface area contributed by atoms with Crippen molar-refractivity contribution in [2.45, 2.75) is 42.6 Å². The van der Waals surface area contributed by atoms with Crippen LogP contribution in [0.25, 0.3) is 0 Å². The Morgan fingerprint density at radius 2 is 1.78 bits per heavy atom. The van der Waals surface area contributed by atoms with Gasteiger partial charge in [-0.05, 0) is 49.9 Å². The highest BCUT2D eigenvalue weighted by molar-refractivity contribution is 7.93. The smallest absolute Gasteiger partial charge is 0.166 e. The molecular formula is C17H19NO4S. The molecule has 2 atom stereocenters. The number of nitriles is 1. The van der Waals surface area contributed by atoms with E-state index in [4.69, 9.17) is 10.00 Å². The molecule has 23 heavy (non-hydrogen) atoms. The van der Waals surface area contributed by atoms with Crippen molar-refractivity contribution in [2.75, 3.05) is 6.61 Å². The first-order valence-corrected chi connectivity index (χ1v) is 9.50. The molecule has 122 valence electrons. The number of hydrogen-bond acceptors (Lipinski definition) is 5. The third kappa shape index (κ3) is 3.11. The maximum absolute atomic E-state index is 12.6. The fourth-order valence-corrected chi connectivity index (χ4v) is 6.06. The molecule has 0 aromatic heterocycles. The summed E-state index contributed by atoms with van der Waals surface area (Å²) in [6, 6.07) is 8.88. The van der Waals surface area contributed by atoms with E-state index in [0.29, 0.717) is 50.0 Å². The first kappa shape index (κ1) is 16.0. The summed E-state index contributed by atoms with van der Waals surface area (Å²) < 4.78 is 29.6. The number of carbonyl (C=O) groups excluding carboxylic acids is 1. The van der Waals surface area contributed by atoms with Crippen LogP contribution >= 0.6 is 0 Å². The molecule has 2 heterocycles. The molecule has 1 aromatic carbocycles. The van der Waals surface area contributed by atoms with Gasteiger partial charge in [-0.25, -0.2) is 8.42 Å². The maximum atomic E-state index is 12.6. The van der Waals surface area contributed by atoms with E-state index in [0.717, 1.165) is 0 Å². The van der Waals surface area contributed by atoms with E-state index in [1.807, 2.05) is 6.07 Å². The van der Waals surface area contributed by atoms with Crippen molar-refractivity contribution in [3.05, 3.63) is 29.8 Å². The summed E-state index contributed by atoms with van der Waals surface area (Å²) >= 11 is 0. The van der Waals surface area contributed by atoms with Crippen molar-refractivity contribution in [1.29, 1.82) is 5.26 Å². The van der Waals surface area contributed by atoms with Crippen LogP contribution in [-0.4, -0.2) is 31.3 Å². The molecule has 0 N–H and O–H groups in total. The van der Waals surface area contributed by atoms with Crippen LogP contribution in [0.1, 0.15) is 42.5 Å². The highest BCUT2D eigenvalue weighted by atomic mass is 32.2. The number of sulfone groups is 1. The number of nitrogens with zero attached hydrogens (tertiary/aromatic N) is 1. The third-order valence-electron chi connectivity index (χ3n) is 4.83. The van der Waals surface area contributed by atoms with E-state index in [1.165, 1.54) is 0 Å². The largest absolute Gasteiger partial charge is 0.493 e. The highest BCUT2D eigenvalue weighted by Crippen LogP contribution is 2.42. The van der Waals surface area contributed by atoms with E-state index in [1.54, 1.807) is 24.3 Å². The molecule has 1 aromatic rings. The minimum Gasteiger partial charge on any atom is -0.493 e. The number of rotatable bonds is 5. The van der Waals surface area contributed by atoms with Gasteiger partial charge in [-0.1, -0.05) is 0 Å². The van der Waals surface area contributed by atoms with Gasteiger partial charge in [0, 0.05) is 11.5 Å². The first-order valence-electron chi connectivity index (χ1n) is 7.89. The van der Waals surface area contributed by atoms with E-state index in [2.05, 4.69) is 0 Å². The highest BCUT2D eigenvalue weighted by Gasteiger charge is 2.48. The van der Waals surface area contributed by atoms with Crippen LogP contribution in [0.5, 0.6) is 5.75 Å². The molecule has 6 heteroatoms. The zero-order chi connectivity index (χ0) is 16.4. The SMILES string of the molecule is N#CCCOc1ccc(C(=O)C2CC3CCC(C2)S3(=O)=O)cc1. The molecule has 2 unspecified atom stereocenters. The lowest BCUT2D eigenvalue weighted by Gasteiger charge is -2.27. The Labute approximate surface area is 136 Å². The second kappa shape index (κ2) is 6.32. The van der Waals surface area contributed by atoms with Gasteiger partial charge in [-0.15, -0.1) is 0 Å². The Morgan fingerprint density at radius 3 is 2.35 bits per heavy atom. The molecule has 2 fully saturated rings. The standard InChI is InChI=1S/C17H19NO4S/c18-8-1-9-22-14-4-2-12(3-5-14)17(19)13-10-15-6-7-16(11-13)23(15,20)21/h2-5,13,15-16H,1,6-7,9-11H2. The average Bonchev–Trinajstić information content (AvgIpc) is 2.73. The van der Waals surface area contributed by atoms with E-state index in [-0.39, 0.29) is 22.2 Å². The Kier molecular flexibility index (Phi) is 4.40. The molecule has 0 radical (unpaired) electrons. The van der Waals surface area contributed by atoms with Crippen LogP contribution in [0.15, 0.2) is 24.3 Å². The number of hydrogen-bond donors (Lipinski definition) is 0. The number of ketones is 1. The lowest BCUT2D eigenvalue weighted by Crippen LogP contribution is -2.36. The molecule has 2 aliphatic heterocycles. The molecule has 2 bridgehead atoms. The molecule has 0 amide bonds. The van der Waals surface area contributed by atoms with Gasteiger partial charge in [0.25, 0.3) is 0 Å². The van der Waals surface area contributed by atoms with Gasteiger partial charge in [0.05, 0.1) is 23.0 Å². The summed E-state index contributed by atoms with van der Waals surface area (Å²) in [6.07, 6.45) is 2.63. The van der Waals surface area contributed by atoms with Gasteiger partial charge in [0.1, 0.15) is 12.4 Å². The summed E-state index contributed by atoms with van der Waals surface area (Å²) in [5.74, 6) is 0.463. The molecule has 0 saturated carbocycles. The summed E-state index contributed by atoms with van der Waals surface area (Å²) in [4.78, 5) is 12.6. The van der Waals surface area contributed by atoms with Gasteiger partial charge in [0.15, 0.2) is 15.6 Å². The average molecular weight is 333 g/mol. The Morgan fingerprint density at radius 1 is 1.17 bits per heavy atom. The van der Waals surface area contributed by atoms with Crippen molar-refractivity contribution >= 4 is 15.6 Å². The Hall–Kier alpha value is -1.87. The van der Waals surface area contributed by atoms with Crippen molar-refractivity contribution < 1.29 is 17.9 Å². The van der Waals surface area contributed by atoms with E-state index < -0.39 is 9.84 Å². The Bertz CT molecular complexity index is 713. The van der Waals surface area contributed by atoms with Crippen molar-refractivity contribution in [3.63, 3.8) is 0 Å². The van der Waals surface area contributed by atoms with Crippen LogP contribution in [-0.2, 0) is 9.84 Å². The summed E-state index contributed by atoms with van der Waals surface area (Å²) in [7, 11) is -3.00. The second-order valence-corrected chi connectivity index (χ2v) is 8.74. The van der Waals surface area contributed by atoms with Gasteiger partial charge >= 0.3 is 0 Å². The molecular weight excluding hydrogens is 314 g/mol. The first-order chi connectivity index (χ1) is 11.0. The molecule has 2 aliphatic rings. The topological polar surface area (TPSA) is 84.2 Å². The minimum atomic E-state index is -3.00. The summed E-state index contributed by atoms with van der Waals surface area (Å²) in [6.45, 7) is 0.327. The van der Waals surface area contributed by atoms with Crippen molar-refractivity contribution in [2.24, 2.45) is 5.92 Å². The molecule has 3 rings (SSSR count). The zero-order valence-corrected chi connectivity index (χ0v) is 13.6. The van der Waals surface area contributed by atoms with E-state index in [9.17, 15) is 13.2 Å². The zero-order valence-electron chi connectivity index (χ0n) is 12.8. The van der Waals surface area contributed by atoms with Gasteiger partial charge in [-0.2, -0.15) is 5.26 Å². The lowest BCUT2D eigenvalue weighted by atomic mass is 9.90. The van der Waals surface area contributed by atoms with Crippen molar-refractivity contribution in [3.8, 4) is 11.8 Å². The number of carbonyl (C=O) groups is 1. The summed E-state index contributed by atoms with van der Waals surface area (Å²) in [5.41, 5.74) is 0.598. The van der Waals surface area contributed by atoms with Gasteiger partial charge in [-0.3, -0.25) is 4.79 Å². The lowest BCUT2D eigenvalue weighted by molar-refractivity contribution is 0.0905. The second-order valence-electron chi connectivity index (χ2n) is 6.22. The third-order valence-corrected chi connectivity index (χ3v) is 7.54. The fraction of sp³-hybridized carbons (Fsp3) is 0.529. The van der Waals surface area contributed by atoms with Gasteiger partial charge in [0.2, 0.25) is 0 Å². The number of fused-ring (bicyclic) bond motifs is 2. The van der Waals surface area contributed by atoms with Crippen LogP contribution in [0.4, 0.5) is 0 Å². The monoisotopic (exact) mass is 333 g/mol. The predicted octanol–water partition coefficient (Wildman–Crippen LogP) is 2.52. The van der Waals surface area contributed by atoms with Gasteiger partial charge < -0.3 is 4.74 Å². The Balaban J connectivity index is 1.66. The van der Waals surface area contributed by atoms with Crippen LogP contribution in [0.2, 0.25) is 0 Å². The predicted molar refractivity (Wildman–Crippen MR) is 85.0 cm³/mol. The van der Waals surface area contributed by atoms with Crippen LogP contribution < -0.4 is 4.74 Å². The molecule has 2 saturated heterocycles. The summed E-state index contributed by atoms with van der Waals surface area (Å²) in [5, 5.41) is 7.81. The molecule has 5 nitrogen and oxygen atoms in total. The molecule has 0 aliphatic carbocycles. The fourth-order valence-electron chi connectivity index (χ4n) is 3.59. The number of benzene rings is 1. The number of Topliss-reactive ketones (excluding diaryl/α,β-unsaturated/α-hetero) is 1. The normalized spacial score (nSPS) is 28.0. The quantitative estimate of drug-likeness (QED) is 0.610. The number of ether oxygens (including phenoxy) is 1. The van der Waals surface area contributed by atoms with Crippen molar-refractivity contribution in [1.82, 2.24) is 0 Å². The van der Waals surface area contributed by atoms with E-state index >= 15 is 0 Å². The maximum Gasteiger partial charge on any atom is 0.166 e. The van der Waals surface area contributed by atoms with Crippen LogP contribution in [0, 0.1) is 17.2 Å².